The van der Waals surface area contributed by atoms with Crippen molar-refractivity contribution >= 4 is 33.2 Å². The Bertz CT molecular complexity index is 3440. The molecule has 2 aromatic heterocycles. The van der Waals surface area contributed by atoms with Crippen molar-refractivity contribution in [1.29, 1.82) is 0 Å². The van der Waals surface area contributed by atoms with Crippen LogP contribution in [0.25, 0.3) is 38.8 Å². The van der Waals surface area contributed by atoms with Crippen molar-refractivity contribution in [1.82, 2.24) is 9.55 Å². The van der Waals surface area contributed by atoms with Gasteiger partial charge in [-0.25, -0.2) is 4.98 Å². The van der Waals surface area contributed by atoms with Crippen molar-refractivity contribution in [2.45, 2.75) is 112 Å². The fourth-order valence-corrected chi connectivity index (χ4v) is 10.5. The minimum absolute atomic E-state index is 0.0399. The van der Waals surface area contributed by atoms with Crippen LogP contribution >= 0.6 is 0 Å². The molecule has 0 N–H and O–H groups in total. The molecular weight excluding hydrogens is 889 g/mol. The van der Waals surface area contributed by atoms with Gasteiger partial charge in [-0.15, -0.1) is 0 Å². The van der Waals surface area contributed by atoms with Crippen LogP contribution in [0.1, 0.15) is 123 Å². The monoisotopic (exact) mass is 961 g/mol. The van der Waals surface area contributed by atoms with Crippen LogP contribution in [0, 0.1) is 5.41 Å². The van der Waals surface area contributed by atoms with E-state index in [-0.39, 0.29) is 27.1 Å². The molecule has 0 unspecified atom stereocenters. The Morgan fingerprint density at radius 2 is 1.00 bits per heavy atom. The third kappa shape index (κ3) is 9.59. The fraction of sp³-hybridized carbons (Fsp3) is 0.279. The lowest BCUT2D eigenvalue weighted by atomic mass is 9.73. The van der Waals surface area contributed by atoms with Crippen LogP contribution in [0.2, 0.25) is 0 Å². The number of rotatable bonds is 10. The minimum Gasteiger partial charge on any atom is -0.457 e. The summed E-state index contributed by atoms with van der Waals surface area (Å²) in [5, 5.41) is 2.32. The summed E-state index contributed by atoms with van der Waals surface area (Å²) in [7, 11) is 0. The van der Waals surface area contributed by atoms with Crippen LogP contribution in [0.15, 0.2) is 194 Å². The van der Waals surface area contributed by atoms with E-state index in [0.29, 0.717) is 6.67 Å². The van der Waals surface area contributed by atoms with Crippen LogP contribution in [0.4, 0.5) is 11.4 Å². The fourth-order valence-electron chi connectivity index (χ4n) is 10.5. The van der Waals surface area contributed by atoms with Crippen LogP contribution in [-0.4, -0.2) is 16.2 Å². The Balaban J connectivity index is 1.07. The van der Waals surface area contributed by atoms with E-state index in [1.54, 1.807) is 0 Å². The maximum atomic E-state index is 7.08. The van der Waals surface area contributed by atoms with Gasteiger partial charge in [0.25, 0.3) is 0 Å². The first-order chi connectivity index (χ1) is 34.6. The van der Waals surface area contributed by atoms with Crippen molar-refractivity contribution in [3.63, 3.8) is 0 Å². The molecular formula is C68H72N4O. The molecule has 3 heterocycles. The third-order valence-electron chi connectivity index (χ3n) is 15.3. The quantitative estimate of drug-likeness (QED) is 0.137. The Labute approximate surface area is 434 Å². The van der Waals surface area contributed by atoms with Gasteiger partial charge in [0.2, 0.25) is 0 Å². The van der Waals surface area contributed by atoms with E-state index in [4.69, 9.17) is 9.72 Å². The molecule has 0 fully saturated rings. The third-order valence-corrected chi connectivity index (χ3v) is 15.3. The summed E-state index contributed by atoms with van der Waals surface area (Å²) in [5.74, 6) is 2.45. The highest BCUT2D eigenvalue weighted by Gasteiger charge is 2.35. The molecule has 5 heteroatoms. The van der Waals surface area contributed by atoms with Crippen LogP contribution in [0.5, 0.6) is 11.5 Å². The molecule has 1 aliphatic heterocycles. The molecule has 7 aromatic carbocycles. The predicted molar refractivity (Wildman–Crippen MR) is 309 cm³/mol. The molecule has 370 valence electrons. The summed E-state index contributed by atoms with van der Waals surface area (Å²) in [6.45, 7) is 30.7. The number of ether oxygens (including phenoxy) is 1. The summed E-state index contributed by atoms with van der Waals surface area (Å²) in [5.41, 5.74) is 14.8. The van der Waals surface area contributed by atoms with Gasteiger partial charge in [-0.2, -0.15) is 0 Å². The van der Waals surface area contributed by atoms with Gasteiger partial charge in [0.15, 0.2) is 0 Å². The SMILES string of the molecule is CC(C)(C)C1=CN(c2cc(Oc3ccc4c5cc(-c6ccccc6)ccc5n(-c5cc(C(C)(C)C)ccn5)c4c3)cc(C(C)(C)C)c2)CN1c1cc(C(C)(C)c2ccccc2)cc(C(C)(C)c2ccccc2)c1. The van der Waals surface area contributed by atoms with Crippen molar-refractivity contribution in [3.8, 4) is 28.4 Å². The second-order valence-electron chi connectivity index (χ2n) is 24.4. The van der Waals surface area contributed by atoms with Gasteiger partial charge < -0.3 is 14.5 Å². The number of fused-ring (bicyclic) bond motifs is 3. The maximum absolute atomic E-state index is 7.08. The predicted octanol–water partition coefficient (Wildman–Crippen LogP) is 18.1. The van der Waals surface area contributed by atoms with E-state index in [2.05, 4.69) is 287 Å². The number of pyridine rings is 1. The van der Waals surface area contributed by atoms with Crippen molar-refractivity contribution in [2.75, 3.05) is 16.5 Å². The van der Waals surface area contributed by atoms with Crippen molar-refractivity contribution in [2.24, 2.45) is 5.41 Å². The van der Waals surface area contributed by atoms with E-state index >= 15 is 0 Å². The van der Waals surface area contributed by atoms with Crippen LogP contribution in [0.3, 0.4) is 0 Å². The van der Waals surface area contributed by atoms with Gasteiger partial charge >= 0.3 is 0 Å². The normalized spacial score (nSPS) is 13.8. The zero-order valence-electron chi connectivity index (χ0n) is 45.3. The molecule has 73 heavy (non-hydrogen) atoms. The molecule has 0 aliphatic carbocycles. The summed E-state index contributed by atoms with van der Waals surface area (Å²) < 4.78 is 9.39. The molecule has 0 amide bonds. The zero-order valence-corrected chi connectivity index (χ0v) is 45.3. The van der Waals surface area contributed by atoms with E-state index in [9.17, 15) is 0 Å². The highest BCUT2D eigenvalue weighted by Crippen LogP contribution is 2.46. The van der Waals surface area contributed by atoms with Gasteiger partial charge in [0.1, 0.15) is 17.3 Å². The molecule has 0 spiro atoms. The first kappa shape index (κ1) is 49.2. The summed E-state index contributed by atoms with van der Waals surface area (Å²) in [4.78, 5) is 9.96. The lowest BCUT2D eigenvalue weighted by molar-refractivity contribution is 0.479. The van der Waals surface area contributed by atoms with Crippen LogP contribution < -0.4 is 14.5 Å². The lowest BCUT2D eigenvalue weighted by Crippen LogP contribution is -2.32. The molecule has 0 radical (unpaired) electrons. The number of benzene rings is 7. The second kappa shape index (κ2) is 18.3. The maximum Gasteiger partial charge on any atom is 0.137 e. The number of hydrogen-bond donors (Lipinski definition) is 0. The van der Waals surface area contributed by atoms with Gasteiger partial charge in [0, 0.05) is 68.6 Å². The van der Waals surface area contributed by atoms with Gasteiger partial charge in [-0.1, -0.05) is 193 Å². The molecule has 9 aromatic rings. The second-order valence-corrected chi connectivity index (χ2v) is 24.4. The topological polar surface area (TPSA) is 33.5 Å². The molecule has 0 saturated heterocycles. The Hall–Kier alpha value is -7.37. The Morgan fingerprint density at radius 3 is 1.59 bits per heavy atom. The summed E-state index contributed by atoms with van der Waals surface area (Å²) in [6, 6.07) is 64.3. The summed E-state index contributed by atoms with van der Waals surface area (Å²) in [6.07, 6.45) is 4.31. The molecule has 1 aliphatic rings. The number of hydrogen-bond acceptors (Lipinski definition) is 4. The van der Waals surface area contributed by atoms with Crippen molar-refractivity contribution < 1.29 is 4.74 Å². The Kier molecular flexibility index (Phi) is 12.3. The number of anilines is 2. The number of aromatic nitrogens is 2. The van der Waals surface area contributed by atoms with Gasteiger partial charge in [-0.3, -0.25) is 4.57 Å². The van der Waals surface area contributed by atoms with Crippen LogP contribution in [-0.2, 0) is 21.7 Å². The van der Waals surface area contributed by atoms with E-state index in [1.165, 1.54) is 61.3 Å². The molecule has 0 bridgehead atoms. The first-order valence-corrected chi connectivity index (χ1v) is 26.0. The average Bonchev–Trinajstić information content (AvgIpc) is 3.97. The lowest BCUT2D eigenvalue weighted by Gasteiger charge is -2.35. The average molecular weight is 961 g/mol. The van der Waals surface area contributed by atoms with Gasteiger partial charge in [0.05, 0.1) is 17.7 Å². The smallest absolute Gasteiger partial charge is 0.137 e. The van der Waals surface area contributed by atoms with E-state index in [1.807, 2.05) is 6.20 Å². The standard InChI is InChI=1S/C68H72N4O/c1-64(2,3)50-33-34-69-63(41-50)72-60-32-29-47(46-23-17-14-18-24-46)35-59(60)58-31-30-56(43-61(58)72)73-57-40-51(65(4,5)6)37-54(42-57)70-44-62(66(7,8)9)71(45-70)55-38-52(67(10,11)48-25-19-15-20-26-48)36-53(39-55)68(12,13)49-27-21-16-22-28-49/h14-44H,45H2,1-13H3. The van der Waals surface area contributed by atoms with Gasteiger partial charge in [-0.05, 0) is 116 Å². The first-order valence-electron chi connectivity index (χ1n) is 26.0. The number of allylic oxidation sites excluding steroid dienone is 1. The minimum atomic E-state index is -0.244. The zero-order chi connectivity index (χ0) is 51.7. The molecule has 10 rings (SSSR count). The molecule has 0 saturated carbocycles. The van der Waals surface area contributed by atoms with Crippen molar-refractivity contribution in [3.05, 3.63) is 227 Å². The largest absolute Gasteiger partial charge is 0.457 e. The van der Waals surface area contributed by atoms with E-state index in [0.717, 1.165) is 39.4 Å². The highest BCUT2D eigenvalue weighted by molar-refractivity contribution is 6.10. The highest BCUT2D eigenvalue weighted by atomic mass is 16.5. The number of nitrogens with zero attached hydrogens (tertiary/aromatic N) is 4. The molecule has 0 atom stereocenters. The molecule has 5 nitrogen and oxygen atoms in total. The Morgan fingerprint density at radius 1 is 0.411 bits per heavy atom. The van der Waals surface area contributed by atoms with E-state index < -0.39 is 0 Å². The summed E-state index contributed by atoms with van der Waals surface area (Å²) >= 11 is 0.